The van der Waals surface area contributed by atoms with Crippen LogP contribution < -0.4 is 0 Å². The molecule has 0 amide bonds. The average molecular weight is 250 g/mol. The number of carbonyl (C=O) groups is 1. The Kier molecular flexibility index (Phi) is 3.21. The summed E-state index contributed by atoms with van der Waals surface area (Å²) in [4.78, 5) is 10.9. The summed E-state index contributed by atoms with van der Waals surface area (Å²) in [5.41, 5.74) is -1.14. The summed E-state index contributed by atoms with van der Waals surface area (Å²) >= 11 is 0. The second kappa shape index (κ2) is 4.15. The van der Waals surface area contributed by atoms with Crippen LogP contribution in [-0.2, 0) is 6.42 Å². The molecule has 0 bridgehead atoms. The molecule has 0 aliphatic rings. The number of ketones is 1. The van der Waals surface area contributed by atoms with Gasteiger partial charge in [-0.1, -0.05) is 6.92 Å². The lowest BCUT2D eigenvalue weighted by atomic mass is 10.0. The van der Waals surface area contributed by atoms with Gasteiger partial charge in [-0.25, -0.2) is 0 Å². The summed E-state index contributed by atoms with van der Waals surface area (Å²) in [5, 5.41) is 27.7. The van der Waals surface area contributed by atoms with E-state index in [4.69, 9.17) is 0 Å². The number of carbonyl (C=O) groups excluding carboxylic acids is 1. The third kappa shape index (κ3) is 2.27. The summed E-state index contributed by atoms with van der Waals surface area (Å²) in [5.74, 6) is -5.41. The van der Waals surface area contributed by atoms with Crippen LogP contribution in [0, 0.1) is 0 Å². The molecule has 0 saturated heterocycles. The number of aryl methyl sites for hydroxylation is 1. The minimum atomic E-state index is -5.16. The molecular weight excluding hydrogens is 241 g/mol. The summed E-state index contributed by atoms with van der Waals surface area (Å²) in [6, 6.07) is 0.709. The average Bonchev–Trinajstić information content (AvgIpc) is 2.24. The number of Topliss-reactive ketones (excluding diaryl/α,β-unsaturated/α-hetero) is 1. The van der Waals surface area contributed by atoms with Crippen molar-refractivity contribution in [1.29, 1.82) is 0 Å². The molecule has 0 aliphatic heterocycles. The third-order valence-electron chi connectivity index (χ3n) is 2.21. The van der Waals surface area contributed by atoms with Crippen molar-refractivity contribution < 1.29 is 33.3 Å². The lowest BCUT2D eigenvalue weighted by Crippen LogP contribution is -2.23. The second-order valence-corrected chi connectivity index (χ2v) is 3.31. The fraction of sp³-hybridized carbons (Fsp3) is 0.300. The number of aromatic hydroxyl groups is 3. The number of alkyl halides is 3. The molecule has 1 aromatic carbocycles. The van der Waals surface area contributed by atoms with Crippen LogP contribution in [0.3, 0.4) is 0 Å². The standard InChI is InChI=1S/C10H9F3O4/c1-2-4-3-5(9(17)10(11,12)13)7(15)8(16)6(4)14/h3,14-16H,2H2,1H3. The predicted molar refractivity (Wildman–Crippen MR) is 51.2 cm³/mol. The zero-order valence-corrected chi connectivity index (χ0v) is 8.67. The van der Waals surface area contributed by atoms with Crippen LogP contribution in [0.5, 0.6) is 17.2 Å². The number of rotatable bonds is 2. The first kappa shape index (κ1) is 13.1. The highest BCUT2D eigenvalue weighted by atomic mass is 19.4. The lowest BCUT2D eigenvalue weighted by molar-refractivity contribution is -0.0886. The molecule has 1 rings (SSSR count). The number of hydrogen-bond donors (Lipinski definition) is 3. The minimum absolute atomic E-state index is 0.0621. The van der Waals surface area contributed by atoms with Gasteiger partial charge in [0.1, 0.15) is 0 Å². The molecule has 0 aliphatic carbocycles. The van der Waals surface area contributed by atoms with Crippen molar-refractivity contribution in [3.05, 3.63) is 17.2 Å². The number of hydrogen-bond acceptors (Lipinski definition) is 4. The molecule has 4 nitrogen and oxygen atoms in total. The third-order valence-corrected chi connectivity index (χ3v) is 2.21. The molecule has 0 aromatic heterocycles. The largest absolute Gasteiger partial charge is 0.504 e. The predicted octanol–water partition coefficient (Wildman–Crippen LogP) is 2.11. The van der Waals surface area contributed by atoms with E-state index >= 15 is 0 Å². The molecule has 7 heteroatoms. The Bertz CT molecular complexity index is 466. The Morgan fingerprint density at radius 1 is 1.18 bits per heavy atom. The maximum absolute atomic E-state index is 12.2. The van der Waals surface area contributed by atoms with Gasteiger partial charge < -0.3 is 15.3 Å². The Morgan fingerprint density at radius 2 is 1.71 bits per heavy atom. The molecule has 0 unspecified atom stereocenters. The van der Waals surface area contributed by atoms with Crippen molar-refractivity contribution in [2.75, 3.05) is 0 Å². The van der Waals surface area contributed by atoms with Gasteiger partial charge in [-0.05, 0) is 18.1 Å². The molecular formula is C10H9F3O4. The Morgan fingerprint density at radius 3 is 2.12 bits per heavy atom. The number of benzene rings is 1. The van der Waals surface area contributed by atoms with E-state index in [0.717, 1.165) is 0 Å². The Balaban J connectivity index is 3.46. The van der Waals surface area contributed by atoms with Crippen LogP contribution in [0.4, 0.5) is 13.2 Å². The lowest BCUT2D eigenvalue weighted by Gasteiger charge is -2.12. The number of halogens is 3. The van der Waals surface area contributed by atoms with Crippen LogP contribution in [-0.4, -0.2) is 27.3 Å². The fourth-order valence-electron chi connectivity index (χ4n) is 1.30. The minimum Gasteiger partial charge on any atom is -0.504 e. The van der Waals surface area contributed by atoms with Crippen LogP contribution in [0.1, 0.15) is 22.8 Å². The van der Waals surface area contributed by atoms with Crippen molar-refractivity contribution >= 4 is 5.78 Å². The van der Waals surface area contributed by atoms with E-state index in [9.17, 15) is 33.3 Å². The van der Waals surface area contributed by atoms with Crippen molar-refractivity contribution in [3.63, 3.8) is 0 Å². The van der Waals surface area contributed by atoms with Crippen LogP contribution in [0.15, 0.2) is 6.07 Å². The SMILES string of the molecule is CCc1cc(C(=O)C(F)(F)F)c(O)c(O)c1O. The van der Waals surface area contributed by atoms with Crippen LogP contribution in [0.25, 0.3) is 0 Å². The zero-order chi connectivity index (χ0) is 13.4. The van der Waals surface area contributed by atoms with Gasteiger partial charge in [-0.3, -0.25) is 4.79 Å². The van der Waals surface area contributed by atoms with Crippen LogP contribution >= 0.6 is 0 Å². The summed E-state index contributed by atoms with van der Waals surface area (Å²) in [6.07, 6.45) is -5.07. The monoisotopic (exact) mass is 250 g/mol. The molecule has 0 atom stereocenters. The van der Waals surface area contributed by atoms with Crippen molar-refractivity contribution in [1.82, 2.24) is 0 Å². The van der Waals surface area contributed by atoms with Gasteiger partial charge in [-0.15, -0.1) is 0 Å². The topological polar surface area (TPSA) is 77.8 Å². The number of phenols is 3. The molecule has 0 heterocycles. The first-order valence-corrected chi connectivity index (χ1v) is 4.58. The molecule has 17 heavy (non-hydrogen) atoms. The maximum atomic E-state index is 12.2. The molecule has 0 radical (unpaired) electrons. The molecule has 0 saturated carbocycles. The van der Waals surface area contributed by atoms with Gasteiger partial charge >= 0.3 is 6.18 Å². The molecule has 94 valence electrons. The van der Waals surface area contributed by atoms with E-state index in [1.54, 1.807) is 0 Å². The normalized spacial score (nSPS) is 11.5. The van der Waals surface area contributed by atoms with E-state index in [2.05, 4.69) is 0 Å². The van der Waals surface area contributed by atoms with E-state index in [0.29, 0.717) is 6.07 Å². The molecule has 3 N–H and O–H groups in total. The number of phenolic OH excluding ortho intramolecular Hbond substituents is 3. The van der Waals surface area contributed by atoms with Crippen molar-refractivity contribution in [2.45, 2.75) is 19.5 Å². The summed E-state index contributed by atoms with van der Waals surface area (Å²) in [6.45, 7) is 1.51. The quantitative estimate of drug-likeness (QED) is 0.555. The van der Waals surface area contributed by atoms with Gasteiger partial charge in [0.05, 0.1) is 5.56 Å². The van der Waals surface area contributed by atoms with Gasteiger partial charge in [0.2, 0.25) is 5.75 Å². The van der Waals surface area contributed by atoms with Gasteiger partial charge in [0.15, 0.2) is 11.5 Å². The highest BCUT2D eigenvalue weighted by Crippen LogP contribution is 2.42. The highest BCUT2D eigenvalue weighted by Gasteiger charge is 2.41. The van der Waals surface area contributed by atoms with Crippen molar-refractivity contribution in [3.8, 4) is 17.2 Å². The summed E-state index contributed by atoms with van der Waals surface area (Å²) < 4.78 is 36.5. The smallest absolute Gasteiger partial charge is 0.455 e. The molecule has 0 fully saturated rings. The fourth-order valence-corrected chi connectivity index (χ4v) is 1.30. The Labute approximate surface area is 93.9 Å². The Hall–Kier alpha value is -1.92. The van der Waals surface area contributed by atoms with Gasteiger partial charge in [0.25, 0.3) is 5.78 Å². The van der Waals surface area contributed by atoms with Gasteiger partial charge in [0, 0.05) is 0 Å². The second-order valence-electron chi connectivity index (χ2n) is 3.31. The summed E-state index contributed by atoms with van der Waals surface area (Å²) in [7, 11) is 0. The zero-order valence-electron chi connectivity index (χ0n) is 8.67. The molecule has 1 aromatic rings. The van der Waals surface area contributed by atoms with E-state index in [1.165, 1.54) is 6.92 Å². The first-order chi connectivity index (χ1) is 7.70. The van der Waals surface area contributed by atoms with Crippen LogP contribution in [0.2, 0.25) is 0 Å². The van der Waals surface area contributed by atoms with Crippen molar-refractivity contribution in [2.24, 2.45) is 0 Å². The van der Waals surface area contributed by atoms with E-state index in [-0.39, 0.29) is 12.0 Å². The van der Waals surface area contributed by atoms with E-state index < -0.39 is 34.8 Å². The first-order valence-electron chi connectivity index (χ1n) is 4.58. The molecule has 0 spiro atoms. The maximum Gasteiger partial charge on any atom is 0.455 e. The highest BCUT2D eigenvalue weighted by molar-refractivity contribution is 6.03. The van der Waals surface area contributed by atoms with E-state index in [1.807, 2.05) is 0 Å². The van der Waals surface area contributed by atoms with Gasteiger partial charge in [-0.2, -0.15) is 13.2 Å².